The average Bonchev–Trinajstić information content (AvgIpc) is 2.43. The predicted octanol–water partition coefficient (Wildman–Crippen LogP) is 4.45. The minimum Gasteiger partial charge on any atom is -0.377 e. The molecule has 0 heterocycles. The number of rotatable bonds is 9. The Bertz CT molecular complexity index is 425. The molecule has 1 aromatic rings. The van der Waals surface area contributed by atoms with E-state index < -0.39 is 0 Å². The van der Waals surface area contributed by atoms with Crippen molar-refractivity contribution in [2.24, 2.45) is 5.92 Å². The van der Waals surface area contributed by atoms with Gasteiger partial charge in [0.2, 0.25) is 0 Å². The molecule has 120 valence electrons. The summed E-state index contributed by atoms with van der Waals surface area (Å²) in [6, 6.07) is 4.98. The Morgan fingerprint density at radius 3 is 2.52 bits per heavy atom. The molecule has 2 atom stereocenters. The van der Waals surface area contributed by atoms with E-state index in [-0.39, 0.29) is 18.0 Å². The predicted molar refractivity (Wildman–Crippen MR) is 87.4 cm³/mol. The van der Waals surface area contributed by atoms with E-state index >= 15 is 0 Å². The molecule has 0 aliphatic heterocycles. The van der Waals surface area contributed by atoms with Crippen LogP contribution in [-0.2, 0) is 11.2 Å². The molecule has 21 heavy (non-hydrogen) atoms. The summed E-state index contributed by atoms with van der Waals surface area (Å²) in [5.41, 5.74) is 0.679. The van der Waals surface area contributed by atoms with Crippen LogP contribution >= 0.6 is 11.6 Å². The lowest BCUT2D eigenvalue weighted by atomic mass is 9.93. The first-order chi connectivity index (χ1) is 9.99. The summed E-state index contributed by atoms with van der Waals surface area (Å²) in [4.78, 5) is 0. The van der Waals surface area contributed by atoms with E-state index in [0.717, 1.165) is 13.0 Å². The molecule has 0 spiro atoms. The maximum absolute atomic E-state index is 14.0. The van der Waals surface area contributed by atoms with Gasteiger partial charge in [-0.15, -0.1) is 0 Å². The van der Waals surface area contributed by atoms with E-state index in [4.69, 9.17) is 16.3 Å². The summed E-state index contributed by atoms with van der Waals surface area (Å²) in [5, 5.41) is 3.93. The van der Waals surface area contributed by atoms with Gasteiger partial charge in [0.15, 0.2) is 0 Å². The first-order valence-corrected chi connectivity index (χ1v) is 8.16. The van der Waals surface area contributed by atoms with E-state index in [9.17, 15) is 4.39 Å². The zero-order chi connectivity index (χ0) is 15.8. The van der Waals surface area contributed by atoms with Crippen molar-refractivity contribution in [2.45, 2.75) is 52.7 Å². The van der Waals surface area contributed by atoms with Crippen LogP contribution in [0, 0.1) is 11.7 Å². The van der Waals surface area contributed by atoms with E-state index in [2.05, 4.69) is 26.1 Å². The molecule has 0 aromatic heterocycles. The van der Waals surface area contributed by atoms with Gasteiger partial charge < -0.3 is 10.1 Å². The topological polar surface area (TPSA) is 21.3 Å². The average molecular weight is 316 g/mol. The van der Waals surface area contributed by atoms with Crippen LogP contribution in [0.3, 0.4) is 0 Å². The zero-order valence-electron chi connectivity index (χ0n) is 13.5. The largest absolute Gasteiger partial charge is 0.377 e. The molecule has 0 bridgehead atoms. The highest BCUT2D eigenvalue weighted by Crippen LogP contribution is 2.20. The van der Waals surface area contributed by atoms with Gasteiger partial charge in [0.05, 0.1) is 6.10 Å². The smallest absolute Gasteiger partial charge is 0.127 e. The number of halogens is 2. The van der Waals surface area contributed by atoms with Crippen LogP contribution in [-0.4, -0.2) is 25.3 Å². The standard InChI is InChI=1S/C17H27ClFNO/c1-5-9-20-16(17(12(3)4)21-6-2)10-13-7-8-14(18)11-15(13)19/h7-8,11-12,16-17,20H,5-6,9-10H2,1-4H3. The number of hydrogen-bond donors (Lipinski definition) is 1. The molecule has 1 rings (SSSR count). The fourth-order valence-electron chi connectivity index (χ4n) is 2.52. The van der Waals surface area contributed by atoms with Crippen molar-refractivity contribution >= 4 is 11.6 Å². The van der Waals surface area contributed by atoms with Crippen molar-refractivity contribution < 1.29 is 9.13 Å². The second-order valence-electron chi connectivity index (χ2n) is 5.66. The molecule has 0 aliphatic rings. The lowest BCUT2D eigenvalue weighted by Crippen LogP contribution is -2.46. The SMILES string of the molecule is CCCNC(Cc1ccc(Cl)cc1F)C(OCC)C(C)C. The van der Waals surface area contributed by atoms with E-state index in [1.54, 1.807) is 12.1 Å². The maximum Gasteiger partial charge on any atom is 0.127 e. The van der Waals surface area contributed by atoms with E-state index in [1.807, 2.05) is 6.92 Å². The van der Waals surface area contributed by atoms with Crippen LogP contribution in [0.4, 0.5) is 4.39 Å². The van der Waals surface area contributed by atoms with Crippen molar-refractivity contribution in [2.75, 3.05) is 13.2 Å². The monoisotopic (exact) mass is 315 g/mol. The van der Waals surface area contributed by atoms with Gasteiger partial charge in [-0.2, -0.15) is 0 Å². The third-order valence-electron chi connectivity index (χ3n) is 3.52. The third kappa shape index (κ3) is 5.93. The first-order valence-electron chi connectivity index (χ1n) is 7.78. The Labute approximate surface area is 133 Å². The van der Waals surface area contributed by atoms with Crippen LogP contribution < -0.4 is 5.32 Å². The summed E-state index contributed by atoms with van der Waals surface area (Å²) in [7, 11) is 0. The first kappa shape index (κ1) is 18.4. The van der Waals surface area contributed by atoms with Crippen molar-refractivity contribution in [3.8, 4) is 0 Å². The normalized spacial score (nSPS) is 14.4. The van der Waals surface area contributed by atoms with Gasteiger partial charge in [0.1, 0.15) is 5.82 Å². The van der Waals surface area contributed by atoms with E-state index in [0.29, 0.717) is 29.5 Å². The number of ether oxygens (including phenoxy) is 1. The molecule has 0 amide bonds. The minimum absolute atomic E-state index is 0.0663. The Balaban J connectivity index is 2.89. The Kier molecular flexibility index (Phi) is 8.23. The lowest BCUT2D eigenvalue weighted by molar-refractivity contribution is 0.00346. The molecule has 0 fully saturated rings. The molecule has 2 unspecified atom stereocenters. The molecular formula is C17H27ClFNO. The fourth-order valence-corrected chi connectivity index (χ4v) is 2.68. The van der Waals surface area contributed by atoms with Gasteiger partial charge in [-0.1, -0.05) is 38.4 Å². The molecular weight excluding hydrogens is 289 g/mol. The molecule has 0 saturated heterocycles. The van der Waals surface area contributed by atoms with Gasteiger partial charge in [-0.25, -0.2) is 4.39 Å². The summed E-state index contributed by atoms with van der Waals surface area (Å²) < 4.78 is 19.9. The van der Waals surface area contributed by atoms with Crippen molar-refractivity contribution in [3.63, 3.8) is 0 Å². The third-order valence-corrected chi connectivity index (χ3v) is 3.76. The van der Waals surface area contributed by atoms with E-state index in [1.165, 1.54) is 6.07 Å². The summed E-state index contributed by atoms with van der Waals surface area (Å²) >= 11 is 5.82. The molecule has 0 saturated carbocycles. The second kappa shape index (κ2) is 9.39. The molecule has 1 N–H and O–H groups in total. The molecule has 2 nitrogen and oxygen atoms in total. The van der Waals surface area contributed by atoms with Crippen LogP contribution in [0.1, 0.15) is 39.7 Å². The van der Waals surface area contributed by atoms with Crippen LogP contribution in [0.25, 0.3) is 0 Å². The summed E-state index contributed by atoms with van der Waals surface area (Å²) in [6.45, 7) is 9.96. The highest BCUT2D eigenvalue weighted by Gasteiger charge is 2.25. The lowest BCUT2D eigenvalue weighted by Gasteiger charge is -2.31. The highest BCUT2D eigenvalue weighted by atomic mass is 35.5. The van der Waals surface area contributed by atoms with Crippen molar-refractivity contribution in [1.82, 2.24) is 5.32 Å². The summed E-state index contributed by atoms with van der Waals surface area (Å²) in [6.07, 6.45) is 1.71. The van der Waals surface area contributed by atoms with Gasteiger partial charge in [-0.05, 0) is 49.9 Å². The maximum atomic E-state index is 14.0. The molecule has 0 aliphatic carbocycles. The van der Waals surface area contributed by atoms with Gasteiger partial charge in [0, 0.05) is 17.7 Å². The van der Waals surface area contributed by atoms with Crippen molar-refractivity contribution in [1.29, 1.82) is 0 Å². The van der Waals surface area contributed by atoms with Crippen LogP contribution in [0.5, 0.6) is 0 Å². The van der Waals surface area contributed by atoms with Crippen LogP contribution in [0.2, 0.25) is 5.02 Å². The number of benzene rings is 1. The minimum atomic E-state index is -0.246. The van der Waals surface area contributed by atoms with Gasteiger partial charge in [0.25, 0.3) is 0 Å². The van der Waals surface area contributed by atoms with Crippen molar-refractivity contribution in [3.05, 3.63) is 34.6 Å². The second-order valence-corrected chi connectivity index (χ2v) is 6.10. The Hall–Kier alpha value is -0.640. The quantitative estimate of drug-likeness (QED) is 0.727. The molecule has 0 radical (unpaired) electrons. The fraction of sp³-hybridized carbons (Fsp3) is 0.647. The van der Waals surface area contributed by atoms with Gasteiger partial charge >= 0.3 is 0 Å². The molecule has 1 aromatic carbocycles. The molecule has 4 heteroatoms. The Morgan fingerprint density at radius 2 is 2.00 bits per heavy atom. The number of nitrogens with one attached hydrogen (secondary N) is 1. The highest BCUT2D eigenvalue weighted by molar-refractivity contribution is 6.30. The van der Waals surface area contributed by atoms with Gasteiger partial charge in [-0.3, -0.25) is 0 Å². The Morgan fingerprint density at radius 1 is 1.29 bits per heavy atom. The summed E-state index contributed by atoms with van der Waals surface area (Å²) in [5.74, 6) is 0.125. The zero-order valence-corrected chi connectivity index (χ0v) is 14.2. The number of hydrogen-bond acceptors (Lipinski definition) is 2. The van der Waals surface area contributed by atoms with Crippen LogP contribution in [0.15, 0.2) is 18.2 Å².